The highest BCUT2D eigenvalue weighted by Gasteiger charge is 2.14. The highest BCUT2D eigenvalue weighted by atomic mass is 32.2. The zero-order chi connectivity index (χ0) is 15.2. The summed E-state index contributed by atoms with van der Waals surface area (Å²) in [6, 6.07) is 3.45. The molecule has 114 valence electrons. The zero-order valence-electron chi connectivity index (χ0n) is 12.0. The van der Waals surface area contributed by atoms with Gasteiger partial charge >= 0.3 is 0 Å². The topological polar surface area (TPSA) is 39.9 Å². The van der Waals surface area contributed by atoms with Gasteiger partial charge in [0.25, 0.3) is 0 Å². The van der Waals surface area contributed by atoms with Gasteiger partial charge in [0.05, 0.1) is 12.2 Å². The summed E-state index contributed by atoms with van der Waals surface area (Å²) < 4.78 is 33.7. The second-order valence-corrected chi connectivity index (χ2v) is 5.14. The van der Waals surface area contributed by atoms with Crippen LogP contribution in [0.15, 0.2) is 18.2 Å². The second-order valence-electron chi connectivity index (χ2n) is 4.57. The lowest BCUT2D eigenvalue weighted by molar-refractivity contribution is 0.359. The predicted octanol–water partition coefficient (Wildman–Crippen LogP) is 3.38. The van der Waals surface area contributed by atoms with Crippen LogP contribution >= 0.6 is 12.0 Å². The fourth-order valence-electron chi connectivity index (χ4n) is 2.01. The zero-order valence-corrected chi connectivity index (χ0v) is 12.8. The van der Waals surface area contributed by atoms with E-state index in [-0.39, 0.29) is 5.56 Å². The lowest BCUT2D eigenvalue weighted by Crippen LogP contribution is -2.01. The highest BCUT2D eigenvalue weighted by molar-refractivity contribution is 7.93. The van der Waals surface area contributed by atoms with Crippen molar-refractivity contribution >= 4 is 12.0 Å². The van der Waals surface area contributed by atoms with Crippen molar-refractivity contribution in [3.05, 3.63) is 35.7 Å². The number of aromatic nitrogens is 3. The van der Waals surface area contributed by atoms with Gasteiger partial charge < -0.3 is 8.75 Å². The van der Waals surface area contributed by atoms with Crippen molar-refractivity contribution in [2.75, 3.05) is 12.9 Å². The second kappa shape index (κ2) is 7.51. The molecule has 0 N–H and O–H groups in total. The van der Waals surface area contributed by atoms with E-state index in [1.54, 1.807) is 11.6 Å². The van der Waals surface area contributed by atoms with Crippen LogP contribution < -0.4 is 0 Å². The van der Waals surface area contributed by atoms with Gasteiger partial charge in [-0.3, -0.25) is 0 Å². The van der Waals surface area contributed by atoms with Crippen molar-refractivity contribution in [2.45, 2.75) is 19.3 Å². The van der Waals surface area contributed by atoms with E-state index in [1.165, 1.54) is 24.2 Å². The fraction of sp³-hybridized carbons (Fsp3) is 0.429. The summed E-state index contributed by atoms with van der Waals surface area (Å²) in [5, 5.41) is 8.09. The quantitative estimate of drug-likeness (QED) is 0.580. The Hall–Kier alpha value is -1.47. The van der Waals surface area contributed by atoms with Crippen molar-refractivity contribution in [1.29, 1.82) is 0 Å². The van der Waals surface area contributed by atoms with Crippen molar-refractivity contribution < 1.29 is 13.0 Å². The van der Waals surface area contributed by atoms with E-state index in [4.69, 9.17) is 4.18 Å². The summed E-state index contributed by atoms with van der Waals surface area (Å²) >= 11 is 1.35. The first-order valence-corrected chi connectivity index (χ1v) is 7.77. The molecule has 0 bridgehead atoms. The van der Waals surface area contributed by atoms with E-state index in [0.29, 0.717) is 12.4 Å². The van der Waals surface area contributed by atoms with Crippen molar-refractivity contribution in [1.82, 2.24) is 14.8 Å². The molecule has 0 aliphatic heterocycles. The van der Waals surface area contributed by atoms with E-state index in [0.717, 1.165) is 31.2 Å². The van der Waals surface area contributed by atoms with Gasteiger partial charge in [0, 0.05) is 25.8 Å². The van der Waals surface area contributed by atoms with Crippen molar-refractivity contribution in [3.8, 4) is 11.4 Å². The fourth-order valence-corrected chi connectivity index (χ4v) is 2.30. The molecule has 4 nitrogen and oxygen atoms in total. The lowest BCUT2D eigenvalue weighted by atomic mass is 10.2. The molecular formula is C14H17F2N3OS. The first-order chi connectivity index (χ1) is 10.1. The smallest absolute Gasteiger partial charge is 0.166 e. The maximum Gasteiger partial charge on any atom is 0.166 e. The molecule has 0 spiro atoms. The van der Waals surface area contributed by atoms with E-state index in [2.05, 4.69) is 10.2 Å². The molecule has 7 heteroatoms. The summed E-state index contributed by atoms with van der Waals surface area (Å²) in [5.41, 5.74) is 0.253. The molecule has 0 aliphatic carbocycles. The van der Waals surface area contributed by atoms with Crippen LogP contribution in [0.1, 0.15) is 18.7 Å². The molecule has 21 heavy (non-hydrogen) atoms. The van der Waals surface area contributed by atoms with Gasteiger partial charge in [-0.25, -0.2) is 8.78 Å². The Balaban J connectivity index is 2.06. The molecule has 1 heterocycles. The van der Waals surface area contributed by atoms with Crippen LogP contribution in [-0.2, 0) is 17.7 Å². The van der Waals surface area contributed by atoms with Crippen LogP contribution in [0, 0.1) is 11.6 Å². The molecular weight excluding hydrogens is 296 g/mol. The minimum atomic E-state index is -0.634. The minimum absolute atomic E-state index is 0.253. The summed E-state index contributed by atoms with van der Waals surface area (Å²) in [6.07, 6.45) is 4.46. The third-order valence-electron chi connectivity index (χ3n) is 3.13. The van der Waals surface area contributed by atoms with Gasteiger partial charge in [0.2, 0.25) is 0 Å². The van der Waals surface area contributed by atoms with Crippen LogP contribution in [-0.4, -0.2) is 27.6 Å². The Kier molecular flexibility index (Phi) is 5.69. The number of benzene rings is 1. The predicted molar refractivity (Wildman–Crippen MR) is 78.8 cm³/mol. The van der Waals surface area contributed by atoms with Crippen LogP contribution in [0.4, 0.5) is 8.78 Å². The van der Waals surface area contributed by atoms with Gasteiger partial charge in [-0.05, 0) is 37.0 Å². The number of rotatable bonds is 7. The Morgan fingerprint density at radius 2 is 2.05 bits per heavy atom. The van der Waals surface area contributed by atoms with E-state index in [1.807, 2.05) is 6.26 Å². The van der Waals surface area contributed by atoms with E-state index in [9.17, 15) is 8.78 Å². The maximum atomic E-state index is 13.8. The molecule has 0 fully saturated rings. The Morgan fingerprint density at radius 1 is 1.24 bits per heavy atom. The molecule has 1 aromatic carbocycles. The molecule has 0 saturated heterocycles. The van der Waals surface area contributed by atoms with Crippen molar-refractivity contribution in [3.63, 3.8) is 0 Å². The monoisotopic (exact) mass is 313 g/mol. The molecule has 0 unspecified atom stereocenters. The van der Waals surface area contributed by atoms with Gasteiger partial charge in [0.15, 0.2) is 5.82 Å². The van der Waals surface area contributed by atoms with Gasteiger partial charge in [-0.15, -0.1) is 10.2 Å². The molecule has 1 aromatic heterocycles. The van der Waals surface area contributed by atoms with Crippen LogP contribution in [0.2, 0.25) is 0 Å². The number of aryl methyl sites for hydroxylation is 1. The Bertz CT molecular complexity index is 604. The largest absolute Gasteiger partial charge is 0.316 e. The number of hydrogen-bond acceptors (Lipinski definition) is 4. The number of unbranched alkanes of at least 4 members (excludes halogenated alkanes) is 1. The number of hydrogen-bond donors (Lipinski definition) is 0. The lowest BCUT2D eigenvalue weighted by Gasteiger charge is -2.05. The molecule has 0 atom stereocenters. The van der Waals surface area contributed by atoms with Crippen LogP contribution in [0.3, 0.4) is 0 Å². The van der Waals surface area contributed by atoms with E-state index < -0.39 is 11.6 Å². The third-order valence-corrected chi connectivity index (χ3v) is 3.54. The van der Waals surface area contributed by atoms with Gasteiger partial charge in [0.1, 0.15) is 17.5 Å². The summed E-state index contributed by atoms with van der Waals surface area (Å²) in [4.78, 5) is 0. The molecule has 0 amide bonds. The average molecular weight is 313 g/mol. The third kappa shape index (κ3) is 4.01. The number of nitrogens with zero attached hydrogens (tertiary/aromatic N) is 3. The first-order valence-electron chi connectivity index (χ1n) is 6.62. The number of halogens is 2. The first kappa shape index (κ1) is 15.9. The van der Waals surface area contributed by atoms with Gasteiger partial charge in [-0.2, -0.15) is 0 Å². The van der Waals surface area contributed by atoms with Crippen LogP contribution in [0.5, 0.6) is 0 Å². The molecule has 2 rings (SSSR count). The SMILES string of the molecule is CSOCCCCc1nnc(-c2ccc(F)cc2F)n1C. The molecule has 0 aliphatic rings. The Labute approximate surface area is 126 Å². The van der Waals surface area contributed by atoms with Crippen LogP contribution in [0.25, 0.3) is 11.4 Å². The minimum Gasteiger partial charge on any atom is -0.316 e. The standard InChI is InChI=1S/C14H17F2N3OS/c1-19-13(5-3-4-8-20-21-2)17-18-14(19)11-7-6-10(15)9-12(11)16/h6-7,9H,3-5,8H2,1-2H3. The summed E-state index contributed by atoms with van der Waals surface area (Å²) in [7, 11) is 1.78. The van der Waals surface area contributed by atoms with Crippen molar-refractivity contribution in [2.24, 2.45) is 7.05 Å². The molecule has 2 aromatic rings. The maximum absolute atomic E-state index is 13.8. The summed E-state index contributed by atoms with van der Waals surface area (Å²) in [6.45, 7) is 0.693. The van der Waals surface area contributed by atoms with Gasteiger partial charge in [-0.1, -0.05) is 0 Å². The van der Waals surface area contributed by atoms with E-state index >= 15 is 0 Å². The average Bonchev–Trinajstić information content (AvgIpc) is 2.80. The normalized spacial score (nSPS) is 11.0. The summed E-state index contributed by atoms with van der Waals surface area (Å²) in [5.74, 6) is -0.0569. The molecule has 0 saturated carbocycles. The highest BCUT2D eigenvalue weighted by Crippen LogP contribution is 2.22. The molecule has 0 radical (unpaired) electrons. The Morgan fingerprint density at radius 3 is 2.76 bits per heavy atom.